The molecule has 15 nitrogen and oxygen atoms in total. The van der Waals surface area contributed by atoms with Gasteiger partial charge in [-0.1, -0.05) is 0 Å². The number of carboxylic acids is 1. The zero-order chi connectivity index (χ0) is 30.8. The number of aliphatic hydroxyl groups is 2. The van der Waals surface area contributed by atoms with E-state index in [-0.39, 0.29) is 5.56 Å². The monoisotopic (exact) mass is 612 g/mol. The van der Waals surface area contributed by atoms with E-state index in [4.69, 9.17) is 19.2 Å². The van der Waals surface area contributed by atoms with Crippen molar-refractivity contribution in [1.82, 2.24) is 13.9 Å². The standard InChI is InChI=1S/C16H18F3N4O9P.C2HF3O2/c1-8-5-23(15(28)20-12(8)26)13-11(25)10(24)9(31-13)6-30-33(29,22-4-3-21(2)7-22)32-14(27)16(17,18)19;3-2(4,5)1(6)7/h3-5,7,9-11,13,24-25H,6H2,1-2H3;(H,6,7)/t9-,10-,11-,13-,33?;/m1./s1. The number of aliphatic hydroxyl groups excluding tert-OH is 2. The van der Waals surface area contributed by atoms with E-state index >= 15 is 0 Å². The first kappa shape index (κ1) is 32.7. The Labute approximate surface area is 217 Å². The summed E-state index contributed by atoms with van der Waals surface area (Å²) < 4.78 is 99.7. The lowest BCUT2D eigenvalue weighted by Crippen LogP contribution is -2.38. The van der Waals surface area contributed by atoms with Crippen molar-refractivity contribution < 1.29 is 74.2 Å². The number of nitrogens with one attached hydrogen (secondary N) is 1. The number of aliphatic carboxylic acids is 1. The summed E-state index contributed by atoms with van der Waals surface area (Å²) in [6.45, 7) is 0.464. The van der Waals surface area contributed by atoms with Crippen molar-refractivity contribution in [2.45, 2.75) is 43.8 Å². The maximum Gasteiger partial charge on any atom is 0.585 e. The minimum Gasteiger partial charge on any atom is -0.542 e. The van der Waals surface area contributed by atoms with E-state index in [0.717, 1.165) is 23.3 Å². The second-order valence-electron chi connectivity index (χ2n) is 7.91. The van der Waals surface area contributed by atoms with Crippen LogP contribution in [0.1, 0.15) is 11.8 Å². The van der Waals surface area contributed by atoms with Gasteiger partial charge in [0, 0.05) is 11.8 Å². The number of ether oxygens (including phenoxy) is 1. The Morgan fingerprint density at radius 2 is 1.75 bits per heavy atom. The number of carbonyl (C=O) groups is 2. The maximum absolute atomic E-state index is 13.0. The number of rotatable bonds is 6. The number of hydrogen-bond acceptors (Lipinski definition) is 11. The van der Waals surface area contributed by atoms with Gasteiger partial charge >= 0.3 is 31.8 Å². The van der Waals surface area contributed by atoms with Gasteiger partial charge in [-0.15, -0.1) is 4.34 Å². The molecule has 3 N–H and O–H groups in total. The van der Waals surface area contributed by atoms with Crippen molar-refractivity contribution in [2.75, 3.05) is 6.61 Å². The highest BCUT2D eigenvalue weighted by Crippen LogP contribution is 2.51. The number of aromatic nitrogens is 4. The van der Waals surface area contributed by atoms with Gasteiger partial charge in [0.05, 0.1) is 13.7 Å². The van der Waals surface area contributed by atoms with Crippen molar-refractivity contribution in [2.24, 2.45) is 7.05 Å². The van der Waals surface area contributed by atoms with Crippen LogP contribution in [0.3, 0.4) is 0 Å². The number of H-pyrrole nitrogens is 1. The second kappa shape index (κ2) is 11.9. The third-order valence-electron chi connectivity index (χ3n) is 4.86. The summed E-state index contributed by atoms with van der Waals surface area (Å²) in [5.41, 5.74) is -1.56. The van der Waals surface area contributed by atoms with E-state index in [0.29, 0.717) is 4.34 Å². The fraction of sp³-hybridized carbons (Fsp3) is 0.500. The van der Waals surface area contributed by atoms with E-state index in [1.807, 2.05) is 4.98 Å². The summed E-state index contributed by atoms with van der Waals surface area (Å²) in [5, 5.41) is 29.3. The lowest BCUT2D eigenvalue weighted by molar-refractivity contribution is -0.670. The largest absolute Gasteiger partial charge is 0.585 e. The molecule has 5 atom stereocenters. The van der Waals surface area contributed by atoms with Crippen LogP contribution in [0.4, 0.5) is 26.3 Å². The first-order valence-corrected chi connectivity index (χ1v) is 11.9. The van der Waals surface area contributed by atoms with Gasteiger partial charge in [-0.3, -0.25) is 18.9 Å². The number of nitrogens with zero attached hydrogens (tertiary/aromatic N) is 3. The quantitative estimate of drug-likeness (QED) is 0.188. The molecule has 0 spiro atoms. The Hall–Kier alpha value is -3.52. The molecular formula is C18H19F6N4O11P. The Balaban J connectivity index is 0.000000708. The zero-order valence-electron chi connectivity index (χ0n) is 20.0. The fourth-order valence-corrected chi connectivity index (χ4v) is 4.36. The molecule has 0 bridgehead atoms. The first-order chi connectivity index (χ1) is 18.2. The summed E-state index contributed by atoms with van der Waals surface area (Å²) in [7, 11) is -3.53. The van der Waals surface area contributed by atoms with Gasteiger partial charge in [-0.25, -0.2) is 18.7 Å². The molecule has 1 saturated heterocycles. The van der Waals surface area contributed by atoms with Crippen LogP contribution in [-0.4, -0.2) is 73.3 Å². The number of carbonyl (C=O) groups excluding carboxylic acids is 2. The van der Waals surface area contributed by atoms with Crippen molar-refractivity contribution in [1.29, 1.82) is 0 Å². The molecule has 2 aromatic rings. The Kier molecular flexibility index (Phi) is 9.74. The van der Waals surface area contributed by atoms with Gasteiger partial charge in [0.1, 0.15) is 36.7 Å². The number of hydrogen-bond donors (Lipinski definition) is 3. The summed E-state index contributed by atoms with van der Waals surface area (Å²) in [4.78, 5) is 45.6. The number of imidazole rings is 1. The van der Waals surface area contributed by atoms with Gasteiger partial charge in [0.15, 0.2) is 6.23 Å². The van der Waals surface area contributed by atoms with Crippen LogP contribution in [0.2, 0.25) is 0 Å². The van der Waals surface area contributed by atoms with Crippen LogP contribution in [0.5, 0.6) is 0 Å². The normalized spacial score (nSPS) is 22.6. The molecule has 1 fully saturated rings. The van der Waals surface area contributed by atoms with Gasteiger partial charge in [-0.2, -0.15) is 26.3 Å². The first-order valence-electron chi connectivity index (χ1n) is 10.4. The predicted molar refractivity (Wildman–Crippen MR) is 110 cm³/mol. The van der Waals surface area contributed by atoms with Crippen LogP contribution >= 0.6 is 7.75 Å². The van der Waals surface area contributed by atoms with Crippen molar-refractivity contribution >= 4 is 19.7 Å². The SMILES string of the molecule is Cc1cn([C@@H]2O[C@H](COP(=O)(OC(=O)C(F)(F)F)n3cc[n+](C)c3)[C@@H](O)[C@H]2O)c(=O)[nH]c1=O.O=C([O-])C(F)(F)F. The Bertz CT molecular complexity index is 1400. The molecule has 0 saturated carbocycles. The lowest BCUT2D eigenvalue weighted by Gasteiger charge is -2.19. The molecule has 0 aromatic carbocycles. The average Bonchev–Trinajstić information content (AvgIpc) is 3.38. The van der Waals surface area contributed by atoms with Crippen molar-refractivity contribution in [3.05, 3.63) is 51.3 Å². The molecule has 2 aromatic heterocycles. The lowest BCUT2D eigenvalue weighted by atomic mass is 10.1. The number of alkyl halides is 6. The highest BCUT2D eigenvalue weighted by Gasteiger charge is 2.51. The fourth-order valence-electron chi connectivity index (χ4n) is 2.92. The molecule has 0 radical (unpaired) electrons. The van der Waals surface area contributed by atoms with E-state index in [2.05, 4.69) is 4.52 Å². The minimum absolute atomic E-state index is 0.0867. The van der Waals surface area contributed by atoms with E-state index in [1.165, 1.54) is 24.7 Å². The highest BCUT2D eigenvalue weighted by atomic mass is 31.2. The molecule has 0 amide bonds. The Morgan fingerprint density at radius 3 is 2.23 bits per heavy atom. The van der Waals surface area contributed by atoms with Crippen LogP contribution in [0, 0.1) is 6.92 Å². The third kappa shape index (κ3) is 7.78. The van der Waals surface area contributed by atoms with Crippen molar-refractivity contribution in [3.8, 4) is 0 Å². The van der Waals surface area contributed by atoms with Gasteiger partial charge < -0.3 is 29.4 Å². The third-order valence-corrected chi connectivity index (χ3v) is 6.53. The van der Waals surface area contributed by atoms with Crippen LogP contribution in [0.25, 0.3) is 0 Å². The molecule has 1 aliphatic heterocycles. The van der Waals surface area contributed by atoms with Crippen LogP contribution in [0.15, 0.2) is 34.5 Å². The summed E-state index contributed by atoms with van der Waals surface area (Å²) in [6.07, 6.45) is -12.8. The molecule has 0 aliphatic carbocycles. The smallest absolute Gasteiger partial charge is 0.542 e. The molecule has 224 valence electrons. The molecule has 40 heavy (non-hydrogen) atoms. The Morgan fingerprint density at radius 1 is 1.18 bits per heavy atom. The molecule has 1 unspecified atom stereocenters. The number of aromatic amines is 1. The van der Waals surface area contributed by atoms with Gasteiger partial charge in [0.2, 0.25) is 0 Å². The zero-order valence-corrected chi connectivity index (χ0v) is 20.8. The summed E-state index contributed by atoms with van der Waals surface area (Å²) in [5.74, 6) is -5.78. The highest BCUT2D eigenvalue weighted by molar-refractivity contribution is 7.52. The van der Waals surface area contributed by atoms with E-state index in [9.17, 15) is 55.5 Å². The average molecular weight is 612 g/mol. The minimum atomic E-state index is -5.47. The summed E-state index contributed by atoms with van der Waals surface area (Å²) >= 11 is 0. The topological polar surface area (TPSA) is 206 Å². The van der Waals surface area contributed by atoms with Crippen LogP contribution in [-0.2, 0) is 35.0 Å². The molecule has 1 aliphatic rings. The molecule has 3 rings (SSSR count). The molecule has 3 heterocycles. The summed E-state index contributed by atoms with van der Waals surface area (Å²) in [6, 6.07) is 0. The molecule has 22 heteroatoms. The second-order valence-corrected chi connectivity index (χ2v) is 9.75. The van der Waals surface area contributed by atoms with Gasteiger partial charge in [0.25, 0.3) is 11.9 Å². The number of aryl methyl sites for hydroxylation is 2. The van der Waals surface area contributed by atoms with Gasteiger partial charge in [-0.05, 0) is 6.92 Å². The number of halogens is 6. The van der Waals surface area contributed by atoms with Crippen molar-refractivity contribution in [3.63, 3.8) is 0 Å². The predicted octanol–water partition coefficient (Wildman–Crippen LogP) is -1.83. The number of carboxylic acid groups (broad SMARTS) is 1. The van der Waals surface area contributed by atoms with E-state index in [1.54, 1.807) is 0 Å². The van der Waals surface area contributed by atoms with E-state index < -0.39 is 74.4 Å². The maximum atomic E-state index is 13.0. The molecular weight excluding hydrogens is 593 g/mol. The van der Waals surface area contributed by atoms with Crippen LogP contribution < -0.4 is 20.9 Å².